The maximum absolute atomic E-state index is 5.59. The van der Waals surface area contributed by atoms with Crippen molar-refractivity contribution in [1.82, 2.24) is 20.2 Å². The first-order valence-electron chi connectivity index (χ1n) is 6.81. The van der Waals surface area contributed by atoms with Crippen LogP contribution in [0.2, 0.25) is 0 Å². The lowest BCUT2D eigenvalue weighted by Gasteiger charge is -2.06. The summed E-state index contributed by atoms with van der Waals surface area (Å²) in [6.07, 6.45) is 1.10. The zero-order valence-corrected chi connectivity index (χ0v) is 12.7. The number of ether oxygens (including phenoxy) is 1. The molecule has 0 saturated carbocycles. The minimum absolute atomic E-state index is 0.688. The van der Waals surface area contributed by atoms with Gasteiger partial charge in [0.1, 0.15) is 0 Å². The largest absolute Gasteiger partial charge is 0.381 e. The third-order valence-electron chi connectivity index (χ3n) is 2.74. The first kappa shape index (κ1) is 15.0. The molecule has 1 heterocycles. The molecule has 0 aliphatic rings. The Kier molecular flexibility index (Phi) is 6.01. The minimum Gasteiger partial charge on any atom is -0.381 e. The molecule has 2 rings (SSSR count). The van der Waals surface area contributed by atoms with E-state index in [1.54, 1.807) is 16.4 Å². The van der Waals surface area contributed by atoms with Gasteiger partial charge in [0.15, 0.2) is 0 Å². The molecule has 5 nitrogen and oxygen atoms in total. The van der Waals surface area contributed by atoms with E-state index in [1.165, 1.54) is 0 Å². The highest BCUT2D eigenvalue weighted by Crippen LogP contribution is 2.17. The van der Waals surface area contributed by atoms with Crippen molar-refractivity contribution in [2.75, 3.05) is 19.0 Å². The fourth-order valence-electron chi connectivity index (χ4n) is 1.61. The Bertz CT molecular complexity index is 501. The van der Waals surface area contributed by atoms with Crippen molar-refractivity contribution in [1.29, 1.82) is 0 Å². The molecule has 20 heavy (non-hydrogen) atoms. The number of hydrogen-bond donors (Lipinski definition) is 0. The van der Waals surface area contributed by atoms with E-state index in [0.717, 1.165) is 36.2 Å². The van der Waals surface area contributed by atoms with Crippen molar-refractivity contribution in [2.45, 2.75) is 25.4 Å². The first-order chi connectivity index (χ1) is 9.77. The number of aromatic nitrogens is 4. The second-order valence-electron chi connectivity index (χ2n) is 4.85. The van der Waals surface area contributed by atoms with E-state index in [0.29, 0.717) is 5.92 Å². The van der Waals surface area contributed by atoms with Crippen LogP contribution in [0, 0.1) is 5.92 Å². The smallest absolute Gasteiger partial charge is 0.214 e. The lowest BCUT2D eigenvalue weighted by Crippen LogP contribution is -2.04. The SMILES string of the molecule is CC(C)CCOCCSc1nnnn1-c1ccccc1. The van der Waals surface area contributed by atoms with Crippen LogP contribution in [0.3, 0.4) is 0 Å². The predicted octanol–water partition coefficient (Wildman–Crippen LogP) is 2.82. The minimum atomic E-state index is 0.688. The number of hydrogen-bond acceptors (Lipinski definition) is 5. The molecular weight excluding hydrogens is 272 g/mol. The molecular formula is C14H20N4OS. The van der Waals surface area contributed by atoms with Crippen LogP contribution in [0.4, 0.5) is 0 Å². The van der Waals surface area contributed by atoms with Gasteiger partial charge in [-0.05, 0) is 34.9 Å². The molecule has 0 aliphatic carbocycles. The average Bonchev–Trinajstić information content (AvgIpc) is 2.92. The van der Waals surface area contributed by atoms with Gasteiger partial charge >= 0.3 is 0 Å². The Morgan fingerprint density at radius 2 is 2.00 bits per heavy atom. The Hall–Kier alpha value is -1.40. The van der Waals surface area contributed by atoms with Crippen LogP contribution in [0.25, 0.3) is 5.69 Å². The average molecular weight is 292 g/mol. The van der Waals surface area contributed by atoms with Crippen molar-refractivity contribution in [3.63, 3.8) is 0 Å². The molecule has 0 spiro atoms. The Morgan fingerprint density at radius 1 is 1.20 bits per heavy atom. The van der Waals surface area contributed by atoms with Crippen molar-refractivity contribution >= 4 is 11.8 Å². The van der Waals surface area contributed by atoms with E-state index in [-0.39, 0.29) is 0 Å². The molecule has 0 radical (unpaired) electrons. The van der Waals surface area contributed by atoms with E-state index < -0.39 is 0 Å². The Morgan fingerprint density at radius 3 is 2.75 bits per heavy atom. The number of para-hydroxylation sites is 1. The third kappa shape index (κ3) is 4.61. The molecule has 1 aromatic heterocycles. The summed E-state index contributed by atoms with van der Waals surface area (Å²) in [7, 11) is 0. The molecule has 0 N–H and O–H groups in total. The highest BCUT2D eigenvalue weighted by molar-refractivity contribution is 7.99. The summed E-state index contributed by atoms with van der Waals surface area (Å²) in [6, 6.07) is 9.89. The second kappa shape index (κ2) is 8.01. The maximum atomic E-state index is 5.59. The van der Waals surface area contributed by atoms with Crippen LogP contribution in [0.1, 0.15) is 20.3 Å². The van der Waals surface area contributed by atoms with Crippen molar-refractivity contribution in [3.8, 4) is 5.69 Å². The van der Waals surface area contributed by atoms with Gasteiger partial charge in [0, 0.05) is 12.4 Å². The molecule has 0 atom stereocenters. The van der Waals surface area contributed by atoms with Gasteiger partial charge in [-0.15, -0.1) is 5.10 Å². The summed E-state index contributed by atoms with van der Waals surface area (Å²) in [4.78, 5) is 0. The standard InChI is InChI=1S/C14H20N4OS/c1-12(2)8-9-19-10-11-20-14-15-16-17-18(14)13-6-4-3-5-7-13/h3-7,12H,8-11H2,1-2H3. The van der Waals surface area contributed by atoms with E-state index in [4.69, 9.17) is 4.74 Å². The Labute approximate surface area is 123 Å². The molecule has 0 bridgehead atoms. The molecule has 1 aromatic carbocycles. The van der Waals surface area contributed by atoms with E-state index in [1.807, 2.05) is 30.3 Å². The predicted molar refractivity (Wildman–Crippen MR) is 80.2 cm³/mol. The van der Waals surface area contributed by atoms with Gasteiger partial charge in [-0.3, -0.25) is 0 Å². The quantitative estimate of drug-likeness (QED) is 0.553. The van der Waals surface area contributed by atoms with Gasteiger partial charge in [-0.1, -0.05) is 43.8 Å². The Balaban J connectivity index is 1.78. The molecule has 108 valence electrons. The van der Waals surface area contributed by atoms with Crippen LogP contribution >= 0.6 is 11.8 Å². The maximum Gasteiger partial charge on any atom is 0.214 e. The number of tetrazole rings is 1. The summed E-state index contributed by atoms with van der Waals surface area (Å²) in [5.41, 5.74) is 0.973. The van der Waals surface area contributed by atoms with Crippen molar-refractivity contribution in [3.05, 3.63) is 30.3 Å². The van der Waals surface area contributed by atoms with Crippen molar-refractivity contribution < 1.29 is 4.74 Å². The van der Waals surface area contributed by atoms with Gasteiger partial charge in [-0.25, -0.2) is 0 Å². The molecule has 0 amide bonds. The summed E-state index contributed by atoms with van der Waals surface area (Å²) >= 11 is 1.61. The summed E-state index contributed by atoms with van der Waals surface area (Å²) < 4.78 is 7.34. The molecule has 2 aromatic rings. The van der Waals surface area contributed by atoms with Crippen LogP contribution in [0.15, 0.2) is 35.5 Å². The number of rotatable bonds is 8. The van der Waals surface area contributed by atoms with Gasteiger partial charge in [0.25, 0.3) is 0 Å². The molecule has 0 aliphatic heterocycles. The van der Waals surface area contributed by atoms with Gasteiger partial charge < -0.3 is 4.74 Å². The van der Waals surface area contributed by atoms with Gasteiger partial charge in [0.05, 0.1) is 12.3 Å². The van der Waals surface area contributed by atoms with E-state index in [2.05, 4.69) is 29.4 Å². The number of nitrogens with zero attached hydrogens (tertiary/aromatic N) is 4. The number of benzene rings is 1. The molecule has 0 unspecified atom stereocenters. The summed E-state index contributed by atoms with van der Waals surface area (Å²) in [5.74, 6) is 1.54. The van der Waals surface area contributed by atoms with Gasteiger partial charge in [0.2, 0.25) is 5.16 Å². The zero-order valence-electron chi connectivity index (χ0n) is 11.9. The second-order valence-corrected chi connectivity index (χ2v) is 5.91. The van der Waals surface area contributed by atoms with E-state index in [9.17, 15) is 0 Å². The van der Waals surface area contributed by atoms with Crippen LogP contribution in [-0.4, -0.2) is 39.2 Å². The number of thioether (sulfide) groups is 1. The molecule has 0 saturated heterocycles. The summed E-state index contributed by atoms with van der Waals surface area (Å²) in [5, 5.41) is 12.6. The fourth-order valence-corrected chi connectivity index (χ4v) is 2.36. The topological polar surface area (TPSA) is 52.8 Å². The molecule has 6 heteroatoms. The highest BCUT2D eigenvalue weighted by Gasteiger charge is 2.08. The van der Waals surface area contributed by atoms with Crippen molar-refractivity contribution in [2.24, 2.45) is 5.92 Å². The lowest BCUT2D eigenvalue weighted by molar-refractivity contribution is 0.138. The van der Waals surface area contributed by atoms with Crippen LogP contribution in [0.5, 0.6) is 0 Å². The first-order valence-corrected chi connectivity index (χ1v) is 7.80. The fraction of sp³-hybridized carbons (Fsp3) is 0.500. The van der Waals surface area contributed by atoms with Crippen LogP contribution in [-0.2, 0) is 4.74 Å². The van der Waals surface area contributed by atoms with Crippen LogP contribution < -0.4 is 0 Å². The lowest BCUT2D eigenvalue weighted by atomic mass is 10.1. The third-order valence-corrected chi connectivity index (χ3v) is 3.62. The molecule has 0 fully saturated rings. The summed E-state index contributed by atoms with van der Waals surface area (Å²) in [6.45, 7) is 5.94. The zero-order chi connectivity index (χ0) is 14.2. The van der Waals surface area contributed by atoms with E-state index >= 15 is 0 Å². The normalized spacial score (nSPS) is 11.2. The highest BCUT2D eigenvalue weighted by atomic mass is 32.2. The monoisotopic (exact) mass is 292 g/mol. The van der Waals surface area contributed by atoms with Gasteiger partial charge in [-0.2, -0.15) is 4.68 Å².